The fraction of sp³-hybridized carbons (Fsp3) is 0.160. The van der Waals surface area contributed by atoms with Crippen LogP contribution in [0.1, 0.15) is 28.8 Å². The number of halogens is 3. The molecule has 3 aromatic rings. The van der Waals surface area contributed by atoms with E-state index in [4.69, 9.17) is 21.2 Å². The Hall–Kier alpha value is -5.32. The van der Waals surface area contributed by atoms with Gasteiger partial charge >= 0.3 is 17.8 Å². The summed E-state index contributed by atoms with van der Waals surface area (Å²) in [4.78, 5) is 50.1. The number of carboxylic acids is 1. The lowest BCUT2D eigenvalue weighted by atomic mass is 10.1. The molecule has 14 heteroatoms. The first kappa shape index (κ1) is 28.3. The highest BCUT2D eigenvalue weighted by Gasteiger charge is 2.32. The highest BCUT2D eigenvalue weighted by Crippen LogP contribution is 2.31. The van der Waals surface area contributed by atoms with Crippen molar-refractivity contribution >= 4 is 29.1 Å². The number of carboxylic acid groups (broad SMARTS) is 1. The summed E-state index contributed by atoms with van der Waals surface area (Å²) >= 11 is 0. The van der Waals surface area contributed by atoms with Crippen molar-refractivity contribution in [2.24, 2.45) is 7.05 Å². The van der Waals surface area contributed by atoms with Crippen molar-refractivity contribution in [2.75, 3.05) is 4.90 Å². The zero-order valence-corrected chi connectivity index (χ0v) is 20.3. The molecule has 0 saturated carbocycles. The van der Waals surface area contributed by atoms with Gasteiger partial charge in [0.25, 0.3) is 5.56 Å². The predicted molar refractivity (Wildman–Crippen MR) is 132 cm³/mol. The normalized spacial score (nSPS) is 11.0. The van der Waals surface area contributed by atoms with E-state index in [2.05, 4.69) is 0 Å². The number of carbonyl (C=O) groups is 2. The van der Waals surface area contributed by atoms with Crippen LogP contribution in [0.2, 0.25) is 0 Å². The molecule has 0 radical (unpaired) electrons. The van der Waals surface area contributed by atoms with Crippen molar-refractivity contribution in [2.45, 2.75) is 19.5 Å². The van der Waals surface area contributed by atoms with Crippen LogP contribution in [0, 0.1) is 29.1 Å². The van der Waals surface area contributed by atoms with Gasteiger partial charge in [0.1, 0.15) is 17.4 Å². The number of anilines is 1. The Bertz CT molecular complexity index is 1680. The molecule has 3 rings (SSSR count). The van der Waals surface area contributed by atoms with Crippen LogP contribution in [0.15, 0.2) is 58.1 Å². The molecule has 0 amide bonds. The molecule has 0 aliphatic heterocycles. The van der Waals surface area contributed by atoms with Gasteiger partial charge in [0.05, 0.1) is 35.0 Å². The maximum Gasteiger partial charge on any atom is 0.416 e. The Morgan fingerprint density at radius 2 is 1.72 bits per heavy atom. The molecule has 0 aliphatic rings. The van der Waals surface area contributed by atoms with Gasteiger partial charge in [-0.2, -0.15) is 18.4 Å². The maximum absolute atomic E-state index is 13.4. The first-order valence-corrected chi connectivity index (χ1v) is 10.9. The van der Waals surface area contributed by atoms with Gasteiger partial charge in [-0.1, -0.05) is 6.07 Å². The average molecular weight is 540 g/mol. The molecule has 39 heavy (non-hydrogen) atoms. The average Bonchev–Trinajstić information content (AvgIpc) is 2.89. The van der Waals surface area contributed by atoms with E-state index in [1.54, 1.807) is 0 Å². The summed E-state index contributed by atoms with van der Waals surface area (Å²) < 4.78 is 41.4. The number of nitrogens with zero attached hydrogens (tertiary/aromatic N) is 4. The number of rotatable bonds is 6. The smallest absolute Gasteiger partial charge is 0.416 e. The minimum Gasteiger partial charge on any atom is -0.475 e. The van der Waals surface area contributed by atoms with Gasteiger partial charge in [0.15, 0.2) is 0 Å². The van der Waals surface area contributed by atoms with Crippen LogP contribution >= 0.6 is 0 Å². The Morgan fingerprint density at radius 1 is 1.10 bits per heavy atom. The summed E-state index contributed by atoms with van der Waals surface area (Å²) in [5, 5.41) is 35.2. The van der Waals surface area contributed by atoms with E-state index in [1.165, 1.54) is 37.3 Å². The van der Waals surface area contributed by atoms with Gasteiger partial charge < -0.3 is 5.11 Å². The summed E-state index contributed by atoms with van der Waals surface area (Å²) in [6.07, 6.45) is -5.81. The second-order valence-corrected chi connectivity index (χ2v) is 8.19. The number of benzene rings is 2. The molecule has 11 nitrogen and oxygen atoms in total. The van der Waals surface area contributed by atoms with Crippen LogP contribution in [0.25, 0.3) is 5.69 Å². The Balaban J connectivity index is 2.34. The van der Waals surface area contributed by atoms with Gasteiger partial charge in [-0.15, -0.1) is 0 Å². The molecule has 0 aliphatic carbocycles. The maximum atomic E-state index is 13.4. The quantitative estimate of drug-likeness (QED) is 0.245. The van der Waals surface area contributed by atoms with Gasteiger partial charge in [-0.05, 0) is 49.4 Å². The lowest BCUT2D eigenvalue weighted by Gasteiger charge is -2.28. The molecular formula is C25H19F3N6O5. The van der Waals surface area contributed by atoms with E-state index < -0.39 is 58.5 Å². The Labute approximate surface area is 217 Å². The topological polar surface area (TPSA) is 173 Å². The molecular weight excluding hydrogens is 521 g/mol. The highest BCUT2D eigenvalue weighted by atomic mass is 19.4. The highest BCUT2D eigenvalue weighted by molar-refractivity contribution is 6.39. The number of hydrogen-bond donors (Lipinski definition) is 3. The van der Waals surface area contributed by atoms with Crippen molar-refractivity contribution in [1.82, 2.24) is 9.13 Å². The molecule has 3 N–H and O–H groups in total. The molecule has 0 unspecified atom stereocenters. The number of nitriles is 1. The molecule has 200 valence electrons. The van der Waals surface area contributed by atoms with E-state index in [1.807, 2.05) is 6.07 Å². The summed E-state index contributed by atoms with van der Waals surface area (Å²) in [6.45, 7) is 1.20. The second kappa shape index (κ2) is 10.6. The van der Waals surface area contributed by atoms with Crippen molar-refractivity contribution in [3.63, 3.8) is 0 Å². The second-order valence-electron chi connectivity index (χ2n) is 8.19. The summed E-state index contributed by atoms with van der Waals surface area (Å²) in [5.74, 6) is -4.73. The number of nitrogens with one attached hydrogen (secondary N) is 2. The molecule has 1 heterocycles. The van der Waals surface area contributed by atoms with Crippen LogP contribution in [0.5, 0.6) is 0 Å². The number of carbonyl (C=O) groups excluding carboxylic acids is 1. The fourth-order valence-corrected chi connectivity index (χ4v) is 3.70. The van der Waals surface area contributed by atoms with E-state index in [0.29, 0.717) is 15.5 Å². The molecule has 0 saturated heterocycles. The van der Waals surface area contributed by atoms with E-state index >= 15 is 0 Å². The lowest BCUT2D eigenvalue weighted by Crippen LogP contribution is -2.47. The van der Waals surface area contributed by atoms with Crippen LogP contribution in [-0.2, 0) is 22.8 Å². The molecule has 0 fully saturated rings. The minimum atomic E-state index is -4.75. The van der Waals surface area contributed by atoms with Crippen molar-refractivity contribution in [1.29, 1.82) is 16.1 Å². The third-order valence-corrected chi connectivity index (χ3v) is 5.67. The third kappa shape index (κ3) is 5.52. The number of Topliss-reactive ketones (excluding diaryl/α,β-unsaturated/α-hetero) is 1. The molecule has 2 aromatic carbocycles. The molecule has 1 aromatic heterocycles. The largest absolute Gasteiger partial charge is 0.475 e. The number of aromatic nitrogens is 2. The zero-order valence-electron chi connectivity index (χ0n) is 20.3. The number of alkyl halides is 3. The summed E-state index contributed by atoms with van der Waals surface area (Å²) in [7, 11) is 1.03. The Kier molecular flexibility index (Phi) is 7.66. The SMILES string of the molecule is Cc1c(N(C(=N)CC(=O)C(=O)O)C(=N)c2ccc(C#N)cc2)c(=O)n(C)c(=O)n1-c1cccc(C(F)(F)F)c1. The molecule has 0 atom stereocenters. The number of ketones is 1. The van der Waals surface area contributed by atoms with Crippen LogP contribution in [-0.4, -0.2) is 37.7 Å². The molecule has 0 spiro atoms. The number of aliphatic carboxylic acids is 1. The van der Waals surface area contributed by atoms with E-state index in [9.17, 15) is 32.3 Å². The standard InChI is InChI=1S/C25H19F3N6O5/c1-13-20(22(36)32(2)24(39)33(13)17-5-3-4-16(10-17)25(26,27)28)34(19(30)11-18(35)23(37)38)21(31)15-8-6-14(12-29)7-9-15/h3-10,30-31H,11H2,1-2H3,(H,37,38). The minimum absolute atomic E-state index is 0.0415. The van der Waals surface area contributed by atoms with Crippen LogP contribution < -0.4 is 16.1 Å². The van der Waals surface area contributed by atoms with Gasteiger partial charge in [0, 0.05) is 12.6 Å². The van der Waals surface area contributed by atoms with Gasteiger partial charge in [0.2, 0.25) is 5.78 Å². The third-order valence-electron chi connectivity index (χ3n) is 5.67. The van der Waals surface area contributed by atoms with Gasteiger partial charge in [-0.3, -0.25) is 34.4 Å². The van der Waals surface area contributed by atoms with E-state index in [0.717, 1.165) is 23.7 Å². The first-order valence-electron chi connectivity index (χ1n) is 10.9. The number of hydrogen-bond acceptors (Lipinski definition) is 7. The van der Waals surface area contributed by atoms with Crippen LogP contribution in [0.4, 0.5) is 18.9 Å². The zero-order chi connectivity index (χ0) is 29.2. The Morgan fingerprint density at radius 3 is 2.26 bits per heavy atom. The summed E-state index contributed by atoms with van der Waals surface area (Å²) in [6, 6.07) is 10.9. The lowest BCUT2D eigenvalue weighted by molar-refractivity contribution is -0.148. The van der Waals surface area contributed by atoms with Gasteiger partial charge in [-0.25, -0.2) is 9.59 Å². The van der Waals surface area contributed by atoms with Crippen molar-refractivity contribution in [3.8, 4) is 11.8 Å². The monoisotopic (exact) mass is 540 g/mol. The first-order chi connectivity index (χ1) is 18.2. The number of amidine groups is 2. The molecule has 0 bridgehead atoms. The van der Waals surface area contributed by atoms with Crippen molar-refractivity contribution < 1.29 is 27.9 Å². The van der Waals surface area contributed by atoms with Crippen LogP contribution in [0.3, 0.4) is 0 Å². The fourth-order valence-electron chi connectivity index (χ4n) is 3.70. The summed E-state index contributed by atoms with van der Waals surface area (Å²) in [5.41, 5.74) is -4.02. The predicted octanol–water partition coefficient (Wildman–Crippen LogP) is 2.59. The van der Waals surface area contributed by atoms with Crippen molar-refractivity contribution in [3.05, 3.63) is 91.8 Å². The van der Waals surface area contributed by atoms with E-state index in [-0.39, 0.29) is 22.5 Å².